The first-order valence-electron chi connectivity index (χ1n) is 16.6. The molecule has 7 heteroatoms. The second kappa shape index (κ2) is 13.3. The van der Waals surface area contributed by atoms with Gasteiger partial charge in [0.15, 0.2) is 8.32 Å². The molecule has 0 unspecified atom stereocenters. The van der Waals surface area contributed by atoms with Gasteiger partial charge in [-0.3, -0.25) is 4.90 Å². The molecule has 1 aliphatic carbocycles. The van der Waals surface area contributed by atoms with E-state index in [9.17, 15) is 0 Å². The predicted molar refractivity (Wildman–Crippen MR) is 184 cm³/mol. The quantitative estimate of drug-likeness (QED) is 0.152. The molecule has 3 nitrogen and oxygen atoms in total. The molecule has 0 saturated carbocycles. The second-order valence-corrected chi connectivity index (χ2v) is 20.1. The molecule has 0 radical (unpaired) electrons. The summed E-state index contributed by atoms with van der Waals surface area (Å²) in [5.74, 6) is -1.21. The van der Waals surface area contributed by atoms with Gasteiger partial charge in [-0.05, 0) is 98.0 Å². The first-order chi connectivity index (χ1) is 21.5. The molecule has 1 aliphatic heterocycles. The number of alkyl halides is 1. The van der Waals surface area contributed by atoms with Crippen LogP contribution >= 0.6 is 0 Å². The van der Waals surface area contributed by atoms with E-state index in [2.05, 4.69) is 58.1 Å². The number of nitrogens with zero attached hydrogens (tertiary/aromatic N) is 1. The highest BCUT2D eigenvalue weighted by Gasteiger charge is 2.43. The Morgan fingerprint density at radius 1 is 0.913 bits per heavy atom. The average Bonchev–Trinajstić information content (AvgIpc) is 3.32. The standard InChI is InChI=1S/C39H50F3NO2Si/c1-26-19-32-31-17-10-9-16-29(31)21-33(32)37(43(26)25-39(5,6)42)36-34(40)22-30(23-35(36)41)44-24-28-14-11-13-27(20-28)15-12-18-45-46(7,8)38(2,3)4/h9-11,13-14,16-17,20,22-23,26,37H,12,15,18-19,21,24-25H2,1-8H3/t26-,37+/m1/s1. The molecule has 0 N–H and O–H groups in total. The zero-order valence-electron chi connectivity index (χ0n) is 28.8. The van der Waals surface area contributed by atoms with Crippen molar-refractivity contribution in [3.63, 3.8) is 0 Å². The fourth-order valence-electron chi connectivity index (χ4n) is 6.61. The van der Waals surface area contributed by atoms with Crippen LogP contribution in [-0.4, -0.2) is 38.1 Å². The summed E-state index contributed by atoms with van der Waals surface area (Å²) in [5, 5.41) is 0.184. The molecule has 1 heterocycles. The Kier molecular flexibility index (Phi) is 9.98. The van der Waals surface area contributed by atoms with Crippen molar-refractivity contribution >= 4 is 13.9 Å². The summed E-state index contributed by atoms with van der Waals surface area (Å²) in [5.41, 5.74) is 4.92. The van der Waals surface area contributed by atoms with Crippen LogP contribution in [0.4, 0.5) is 13.2 Å². The maximum absolute atomic E-state index is 16.1. The molecule has 248 valence electrons. The topological polar surface area (TPSA) is 21.7 Å². The third-order valence-corrected chi connectivity index (χ3v) is 14.5. The fraction of sp³-hybridized carbons (Fsp3) is 0.487. The highest BCUT2D eigenvalue weighted by molar-refractivity contribution is 6.74. The molecule has 46 heavy (non-hydrogen) atoms. The maximum Gasteiger partial charge on any atom is 0.191 e. The monoisotopic (exact) mass is 649 g/mol. The lowest BCUT2D eigenvalue weighted by atomic mass is 9.84. The van der Waals surface area contributed by atoms with Crippen molar-refractivity contribution < 1.29 is 22.3 Å². The normalized spacial score (nSPS) is 18.9. The molecule has 0 bridgehead atoms. The third-order valence-electron chi connectivity index (χ3n) is 10.00. The van der Waals surface area contributed by atoms with Crippen LogP contribution in [0, 0.1) is 11.6 Å². The number of benzene rings is 3. The summed E-state index contributed by atoms with van der Waals surface area (Å²) in [6.45, 7) is 17.3. The van der Waals surface area contributed by atoms with Crippen molar-refractivity contribution in [2.75, 3.05) is 13.2 Å². The van der Waals surface area contributed by atoms with Gasteiger partial charge >= 0.3 is 0 Å². The number of hydrogen-bond acceptors (Lipinski definition) is 3. The Labute approximate surface area is 274 Å². The van der Waals surface area contributed by atoms with Crippen LogP contribution in [0.1, 0.15) is 88.2 Å². The number of fused-ring (bicyclic) bond motifs is 2. The van der Waals surface area contributed by atoms with Crippen molar-refractivity contribution in [2.45, 2.75) is 110 Å². The molecule has 5 rings (SSSR count). The minimum Gasteiger partial charge on any atom is -0.489 e. The van der Waals surface area contributed by atoms with Crippen LogP contribution in [0.2, 0.25) is 18.1 Å². The van der Waals surface area contributed by atoms with Gasteiger partial charge in [0.2, 0.25) is 0 Å². The number of hydrogen-bond donors (Lipinski definition) is 0. The molecule has 2 aliphatic rings. The summed E-state index contributed by atoms with van der Waals surface area (Å²) < 4.78 is 59.5. The highest BCUT2D eigenvalue weighted by Crippen LogP contribution is 2.50. The predicted octanol–water partition coefficient (Wildman–Crippen LogP) is 10.4. The van der Waals surface area contributed by atoms with Crippen LogP contribution in [-0.2, 0) is 23.9 Å². The van der Waals surface area contributed by atoms with Gasteiger partial charge in [-0.2, -0.15) is 0 Å². The van der Waals surface area contributed by atoms with Crippen LogP contribution in [0.5, 0.6) is 5.75 Å². The van der Waals surface area contributed by atoms with Gasteiger partial charge < -0.3 is 9.16 Å². The van der Waals surface area contributed by atoms with Crippen molar-refractivity contribution in [3.8, 4) is 5.75 Å². The summed E-state index contributed by atoms with van der Waals surface area (Å²) in [6.07, 6.45) is 3.12. The zero-order valence-corrected chi connectivity index (χ0v) is 29.8. The summed E-state index contributed by atoms with van der Waals surface area (Å²) in [4.78, 5) is 1.94. The molecule has 2 atom stereocenters. The minimum absolute atomic E-state index is 0.0367. The van der Waals surface area contributed by atoms with E-state index in [1.165, 1.54) is 31.5 Å². The number of rotatable bonds is 11. The molecule has 0 spiro atoms. The Hall–Kier alpha value is -2.87. The second-order valence-electron chi connectivity index (χ2n) is 15.3. The first-order valence-corrected chi connectivity index (χ1v) is 19.5. The smallest absolute Gasteiger partial charge is 0.191 e. The Bertz CT molecular complexity index is 1560. The highest BCUT2D eigenvalue weighted by atomic mass is 28.4. The van der Waals surface area contributed by atoms with Crippen molar-refractivity contribution in [1.29, 1.82) is 0 Å². The number of ether oxygens (including phenoxy) is 1. The van der Waals surface area contributed by atoms with Crippen LogP contribution < -0.4 is 4.74 Å². The summed E-state index contributed by atoms with van der Waals surface area (Å²) in [6, 6.07) is 18.0. The molecule has 0 amide bonds. The molecular weight excluding hydrogens is 600 g/mol. The van der Waals surface area contributed by atoms with Gasteiger partial charge in [-0.15, -0.1) is 0 Å². The first kappa shape index (κ1) is 34.5. The third kappa shape index (κ3) is 7.64. The van der Waals surface area contributed by atoms with Gasteiger partial charge in [-0.1, -0.05) is 69.3 Å². The molecular formula is C39H50F3NO2Si. The van der Waals surface area contributed by atoms with Crippen LogP contribution in [0.15, 0.2) is 66.2 Å². The molecule has 0 aromatic heterocycles. The number of halogens is 3. The zero-order chi connectivity index (χ0) is 33.4. The Balaban J connectivity index is 1.32. The lowest BCUT2D eigenvalue weighted by Crippen LogP contribution is -2.47. The van der Waals surface area contributed by atoms with Gasteiger partial charge in [0, 0.05) is 36.9 Å². The lowest BCUT2D eigenvalue weighted by molar-refractivity contribution is 0.0676. The fourth-order valence-corrected chi connectivity index (χ4v) is 7.70. The van der Waals surface area contributed by atoms with E-state index in [1.54, 1.807) is 0 Å². The van der Waals surface area contributed by atoms with Crippen LogP contribution in [0.3, 0.4) is 0 Å². The van der Waals surface area contributed by atoms with Gasteiger partial charge in [-0.25, -0.2) is 13.2 Å². The van der Waals surface area contributed by atoms with Gasteiger partial charge in [0.05, 0.1) is 6.04 Å². The van der Waals surface area contributed by atoms with Crippen molar-refractivity contribution in [3.05, 3.63) is 106 Å². The van der Waals surface area contributed by atoms with Gasteiger partial charge in [0.1, 0.15) is 29.7 Å². The number of aryl methyl sites for hydroxylation is 1. The van der Waals surface area contributed by atoms with E-state index >= 15 is 13.2 Å². The van der Waals surface area contributed by atoms with Crippen LogP contribution in [0.25, 0.3) is 5.57 Å². The average molecular weight is 650 g/mol. The van der Waals surface area contributed by atoms with Gasteiger partial charge in [0.25, 0.3) is 0 Å². The van der Waals surface area contributed by atoms with E-state index in [-0.39, 0.29) is 35.5 Å². The van der Waals surface area contributed by atoms with E-state index in [1.807, 2.05) is 36.1 Å². The Morgan fingerprint density at radius 2 is 1.59 bits per heavy atom. The summed E-state index contributed by atoms with van der Waals surface area (Å²) in [7, 11) is -1.77. The van der Waals surface area contributed by atoms with E-state index in [0.717, 1.165) is 47.3 Å². The lowest BCUT2D eigenvalue weighted by Gasteiger charge is -2.44. The maximum atomic E-state index is 16.1. The van der Waals surface area contributed by atoms with Crippen molar-refractivity contribution in [2.24, 2.45) is 0 Å². The van der Waals surface area contributed by atoms with Crippen molar-refractivity contribution in [1.82, 2.24) is 4.90 Å². The molecule has 0 fully saturated rings. The molecule has 3 aromatic carbocycles. The Morgan fingerprint density at radius 3 is 2.26 bits per heavy atom. The van der Waals surface area contributed by atoms with E-state index < -0.39 is 31.7 Å². The SMILES string of the molecule is C[C@@H]1CC2=C(Cc3ccccc32)[C@@H](c2c(F)cc(OCc3cccc(CCCO[Si](C)(C)C(C)(C)C)c3)cc2F)N1CC(C)(C)F. The molecule has 0 saturated heterocycles. The van der Waals surface area contributed by atoms with E-state index in [4.69, 9.17) is 9.16 Å². The summed E-state index contributed by atoms with van der Waals surface area (Å²) >= 11 is 0. The van der Waals surface area contributed by atoms with E-state index in [0.29, 0.717) is 12.8 Å². The minimum atomic E-state index is -1.77. The molecule has 3 aromatic rings. The largest absolute Gasteiger partial charge is 0.489 e.